The molecule has 1 amide bonds. The molecule has 0 spiro atoms. The van der Waals surface area contributed by atoms with Gasteiger partial charge in [0, 0.05) is 18.8 Å². The maximum Gasteiger partial charge on any atom is 0.220 e. The lowest BCUT2D eigenvalue weighted by Gasteiger charge is -2.19. The molecule has 2 rings (SSSR count). The third kappa shape index (κ3) is 3.37. The van der Waals surface area contributed by atoms with E-state index in [-0.39, 0.29) is 17.8 Å². The van der Waals surface area contributed by atoms with Gasteiger partial charge in [-0.25, -0.2) is 4.39 Å². The van der Waals surface area contributed by atoms with E-state index in [0.717, 1.165) is 11.1 Å². The number of hydrogen-bond acceptors (Lipinski definition) is 2. The van der Waals surface area contributed by atoms with Gasteiger partial charge in [0.25, 0.3) is 0 Å². The Morgan fingerprint density at radius 2 is 1.74 bits per heavy atom. The van der Waals surface area contributed by atoms with Crippen molar-refractivity contribution in [3.8, 4) is 0 Å². The summed E-state index contributed by atoms with van der Waals surface area (Å²) in [7, 11) is 0. The molecule has 0 aliphatic carbocycles. The third-order valence-corrected chi connectivity index (χ3v) is 2.87. The van der Waals surface area contributed by atoms with Crippen LogP contribution < -0.4 is 5.32 Å². The van der Waals surface area contributed by atoms with Crippen LogP contribution in [0.25, 0.3) is 0 Å². The van der Waals surface area contributed by atoms with E-state index in [1.165, 1.54) is 12.1 Å². The van der Waals surface area contributed by atoms with Gasteiger partial charge in [0.1, 0.15) is 5.82 Å². The average molecular weight is 258 g/mol. The predicted octanol–water partition coefficient (Wildman–Crippen LogP) is 2.84. The van der Waals surface area contributed by atoms with Gasteiger partial charge in [-0.15, -0.1) is 0 Å². The molecule has 0 radical (unpaired) electrons. The number of hydrogen-bond donors (Lipinski definition) is 1. The topological polar surface area (TPSA) is 42.0 Å². The van der Waals surface area contributed by atoms with Crippen molar-refractivity contribution in [2.45, 2.75) is 19.4 Å². The van der Waals surface area contributed by atoms with Crippen LogP contribution in [0.4, 0.5) is 4.39 Å². The predicted molar refractivity (Wildman–Crippen MR) is 70.9 cm³/mol. The van der Waals surface area contributed by atoms with E-state index < -0.39 is 0 Å². The van der Waals surface area contributed by atoms with E-state index in [1.807, 2.05) is 12.1 Å². The van der Waals surface area contributed by atoms with E-state index in [9.17, 15) is 9.18 Å². The fourth-order valence-corrected chi connectivity index (χ4v) is 1.83. The number of nitrogens with one attached hydrogen (secondary N) is 1. The molecule has 0 bridgehead atoms. The summed E-state index contributed by atoms with van der Waals surface area (Å²) in [5.41, 5.74) is 1.76. The molecular formula is C15H15FN2O. The first kappa shape index (κ1) is 13.2. The van der Waals surface area contributed by atoms with E-state index >= 15 is 0 Å². The highest BCUT2D eigenvalue weighted by Gasteiger charge is 2.15. The molecule has 98 valence electrons. The highest BCUT2D eigenvalue weighted by atomic mass is 19.1. The summed E-state index contributed by atoms with van der Waals surface area (Å²) in [4.78, 5) is 15.6. The molecule has 0 aliphatic rings. The Morgan fingerprint density at radius 1 is 1.16 bits per heavy atom. The zero-order valence-corrected chi connectivity index (χ0v) is 10.6. The highest BCUT2D eigenvalue weighted by molar-refractivity contribution is 5.76. The quantitative estimate of drug-likeness (QED) is 0.916. The molecule has 0 saturated heterocycles. The van der Waals surface area contributed by atoms with Crippen LogP contribution in [0, 0.1) is 5.82 Å². The van der Waals surface area contributed by atoms with Gasteiger partial charge in [0.05, 0.1) is 6.04 Å². The van der Waals surface area contributed by atoms with E-state index in [0.29, 0.717) is 6.42 Å². The normalized spacial score (nSPS) is 11.9. The molecule has 19 heavy (non-hydrogen) atoms. The zero-order valence-electron chi connectivity index (χ0n) is 10.6. The molecule has 1 atom stereocenters. The summed E-state index contributed by atoms with van der Waals surface area (Å²) in [6.45, 7) is 1.80. The Bertz CT molecular complexity index is 540. The first-order chi connectivity index (χ1) is 9.20. The van der Waals surface area contributed by atoms with Gasteiger partial charge in [-0.2, -0.15) is 0 Å². The maximum absolute atomic E-state index is 13.0. The molecule has 4 heteroatoms. The van der Waals surface area contributed by atoms with Crippen LogP contribution in [0.2, 0.25) is 0 Å². The second kappa shape index (κ2) is 6.09. The molecule has 0 aliphatic heterocycles. The van der Waals surface area contributed by atoms with Crippen molar-refractivity contribution in [1.82, 2.24) is 10.3 Å². The average Bonchev–Trinajstić information content (AvgIpc) is 2.46. The third-order valence-electron chi connectivity index (χ3n) is 2.87. The fourth-order valence-electron chi connectivity index (χ4n) is 1.83. The smallest absolute Gasteiger partial charge is 0.220 e. The molecule has 1 N–H and O–H groups in total. The summed E-state index contributed by atoms with van der Waals surface area (Å²) >= 11 is 0. The maximum atomic E-state index is 13.0. The summed E-state index contributed by atoms with van der Waals surface area (Å²) < 4.78 is 13.0. The molecule has 1 aromatic carbocycles. The number of benzene rings is 1. The SMILES string of the molecule is CCC(=O)NC(c1ccncc1)c1ccc(F)cc1. The van der Waals surface area contributed by atoms with Crippen molar-refractivity contribution in [3.63, 3.8) is 0 Å². The Balaban J connectivity index is 2.34. The second-order valence-electron chi connectivity index (χ2n) is 4.19. The zero-order chi connectivity index (χ0) is 13.7. The van der Waals surface area contributed by atoms with Crippen LogP contribution in [-0.2, 0) is 4.79 Å². The lowest BCUT2D eigenvalue weighted by molar-refractivity contribution is -0.121. The van der Waals surface area contributed by atoms with E-state index in [1.54, 1.807) is 31.5 Å². The standard InChI is InChI=1S/C15H15FN2O/c1-2-14(19)18-15(12-7-9-17-10-8-12)11-3-5-13(16)6-4-11/h3-10,15H,2H2,1H3,(H,18,19). The van der Waals surface area contributed by atoms with Gasteiger partial charge in [0.15, 0.2) is 0 Å². The van der Waals surface area contributed by atoms with Crippen molar-refractivity contribution >= 4 is 5.91 Å². The minimum Gasteiger partial charge on any atom is -0.345 e. The first-order valence-electron chi connectivity index (χ1n) is 6.15. The van der Waals surface area contributed by atoms with Crippen molar-refractivity contribution in [2.24, 2.45) is 0 Å². The lowest BCUT2D eigenvalue weighted by Crippen LogP contribution is -2.28. The molecule has 1 unspecified atom stereocenters. The summed E-state index contributed by atoms with van der Waals surface area (Å²) in [5, 5.41) is 2.93. The van der Waals surface area contributed by atoms with Crippen LogP contribution in [0.5, 0.6) is 0 Å². The van der Waals surface area contributed by atoms with Crippen LogP contribution in [0.15, 0.2) is 48.8 Å². The molecule has 0 saturated carbocycles. The first-order valence-corrected chi connectivity index (χ1v) is 6.15. The van der Waals surface area contributed by atoms with Gasteiger partial charge in [-0.3, -0.25) is 9.78 Å². The van der Waals surface area contributed by atoms with Crippen LogP contribution in [0.3, 0.4) is 0 Å². The molecule has 1 aromatic heterocycles. The van der Waals surface area contributed by atoms with Crippen LogP contribution >= 0.6 is 0 Å². The second-order valence-corrected chi connectivity index (χ2v) is 4.19. The van der Waals surface area contributed by atoms with Crippen molar-refractivity contribution in [1.29, 1.82) is 0 Å². The minimum absolute atomic E-state index is 0.0499. The number of rotatable bonds is 4. The Hall–Kier alpha value is -2.23. The molecule has 2 aromatic rings. The number of halogens is 1. The van der Waals surface area contributed by atoms with Gasteiger partial charge < -0.3 is 5.32 Å². The number of pyridine rings is 1. The summed E-state index contributed by atoms with van der Waals surface area (Å²) in [6.07, 6.45) is 3.75. The molecule has 1 heterocycles. The fraction of sp³-hybridized carbons (Fsp3) is 0.200. The molecular weight excluding hydrogens is 243 g/mol. The monoisotopic (exact) mass is 258 g/mol. The Labute approximate surface area is 111 Å². The van der Waals surface area contributed by atoms with Gasteiger partial charge in [-0.05, 0) is 35.4 Å². The highest BCUT2D eigenvalue weighted by Crippen LogP contribution is 2.21. The minimum atomic E-state index is -0.293. The van der Waals surface area contributed by atoms with Crippen molar-refractivity contribution in [3.05, 3.63) is 65.7 Å². The summed E-state index contributed by atoms with van der Waals surface area (Å²) in [5.74, 6) is -0.342. The largest absolute Gasteiger partial charge is 0.345 e. The van der Waals surface area contributed by atoms with Crippen LogP contribution in [0.1, 0.15) is 30.5 Å². The van der Waals surface area contributed by atoms with E-state index in [2.05, 4.69) is 10.3 Å². The van der Waals surface area contributed by atoms with Gasteiger partial charge >= 0.3 is 0 Å². The Kier molecular flexibility index (Phi) is 4.23. The number of aromatic nitrogens is 1. The van der Waals surface area contributed by atoms with Crippen molar-refractivity contribution < 1.29 is 9.18 Å². The van der Waals surface area contributed by atoms with Gasteiger partial charge in [0.2, 0.25) is 5.91 Å². The number of carbonyl (C=O) groups excluding carboxylic acids is 1. The van der Waals surface area contributed by atoms with E-state index in [4.69, 9.17) is 0 Å². The lowest BCUT2D eigenvalue weighted by atomic mass is 9.99. The van der Waals surface area contributed by atoms with Crippen molar-refractivity contribution in [2.75, 3.05) is 0 Å². The van der Waals surface area contributed by atoms with Crippen LogP contribution in [-0.4, -0.2) is 10.9 Å². The van der Waals surface area contributed by atoms with Gasteiger partial charge in [-0.1, -0.05) is 19.1 Å². The number of carbonyl (C=O) groups is 1. The summed E-state index contributed by atoms with van der Waals surface area (Å²) in [6, 6.07) is 9.53. The Morgan fingerprint density at radius 3 is 2.32 bits per heavy atom. The molecule has 3 nitrogen and oxygen atoms in total. The number of nitrogens with zero attached hydrogens (tertiary/aromatic N) is 1. The number of amides is 1. The molecule has 0 fully saturated rings.